The van der Waals surface area contributed by atoms with Crippen LogP contribution in [0.2, 0.25) is 0 Å². The molecule has 0 aliphatic heterocycles. The molecule has 0 heterocycles. The van der Waals surface area contributed by atoms with Gasteiger partial charge in [0.05, 0.1) is 6.61 Å². The lowest BCUT2D eigenvalue weighted by Gasteiger charge is -2.15. The molecule has 0 amide bonds. The van der Waals surface area contributed by atoms with E-state index in [0.717, 1.165) is 5.39 Å². The fourth-order valence-electron chi connectivity index (χ4n) is 2.08. The largest absolute Gasteiger partial charge is 0.490 e. The van der Waals surface area contributed by atoms with Crippen LogP contribution in [0.5, 0.6) is 5.75 Å². The fourth-order valence-corrected chi connectivity index (χ4v) is 2.08. The van der Waals surface area contributed by atoms with Crippen LogP contribution in [0.3, 0.4) is 0 Å². The van der Waals surface area contributed by atoms with E-state index in [1.807, 2.05) is 19.1 Å². The summed E-state index contributed by atoms with van der Waals surface area (Å²) in [5.74, 6) is -0.808. The van der Waals surface area contributed by atoms with Gasteiger partial charge in [-0.15, -0.1) is 0 Å². The lowest BCUT2D eigenvalue weighted by atomic mass is 10.0. The van der Waals surface area contributed by atoms with Crippen LogP contribution in [-0.2, 0) is 4.74 Å². The number of ether oxygens (including phenoxy) is 2. The number of benzene rings is 2. The lowest BCUT2D eigenvalue weighted by Crippen LogP contribution is -2.24. The van der Waals surface area contributed by atoms with E-state index in [-0.39, 0.29) is 24.5 Å². The van der Waals surface area contributed by atoms with Crippen LogP contribution < -0.4 is 4.74 Å². The first-order valence-electron chi connectivity index (χ1n) is 6.77. The number of carbonyl (C=O) groups is 1. The zero-order valence-corrected chi connectivity index (χ0v) is 11.8. The topological polar surface area (TPSA) is 76.0 Å². The Bertz CT molecular complexity index is 623. The second kappa shape index (κ2) is 7.06. The van der Waals surface area contributed by atoms with E-state index in [1.165, 1.54) is 0 Å². The number of hydrogen-bond donors (Lipinski definition) is 2. The number of rotatable bonds is 7. The molecule has 2 aromatic rings. The summed E-state index contributed by atoms with van der Waals surface area (Å²) in [7, 11) is 0. The molecule has 0 aliphatic rings. The maximum absolute atomic E-state index is 11.5. The third-order valence-electron chi connectivity index (χ3n) is 3.05. The molecular formula is C16H18O5. The summed E-state index contributed by atoms with van der Waals surface area (Å²) in [6.45, 7) is 2.48. The fraction of sp³-hybridized carbons (Fsp3) is 0.312. The Balaban J connectivity index is 2.23. The normalized spacial score (nSPS) is 12.3. The van der Waals surface area contributed by atoms with Gasteiger partial charge in [-0.1, -0.05) is 30.3 Å². The van der Waals surface area contributed by atoms with E-state index < -0.39 is 12.1 Å². The predicted molar refractivity (Wildman–Crippen MR) is 78.9 cm³/mol. The highest BCUT2D eigenvalue weighted by molar-refractivity contribution is 6.06. The minimum Gasteiger partial charge on any atom is -0.490 e. The molecule has 21 heavy (non-hydrogen) atoms. The van der Waals surface area contributed by atoms with E-state index in [9.17, 15) is 15.0 Å². The molecule has 5 nitrogen and oxygen atoms in total. The van der Waals surface area contributed by atoms with Crippen molar-refractivity contribution < 1.29 is 24.5 Å². The molecule has 2 N–H and O–H groups in total. The average molecular weight is 290 g/mol. The van der Waals surface area contributed by atoms with E-state index in [4.69, 9.17) is 9.47 Å². The molecule has 112 valence electrons. The van der Waals surface area contributed by atoms with Crippen molar-refractivity contribution >= 4 is 16.7 Å². The van der Waals surface area contributed by atoms with Crippen molar-refractivity contribution in [3.63, 3.8) is 0 Å². The smallest absolute Gasteiger partial charge is 0.340 e. The van der Waals surface area contributed by atoms with Gasteiger partial charge >= 0.3 is 5.97 Å². The Morgan fingerprint density at radius 2 is 1.95 bits per heavy atom. The van der Waals surface area contributed by atoms with Crippen LogP contribution in [-0.4, -0.2) is 42.1 Å². The molecule has 0 fully saturated rings. The van der Waals surface area contributed by atoms with Crippen LogP contribution in [0.4, 0.5) is 0 Å². The zero-order chi connectivity index (χ0) is 15.2. The number of aromatic carboxylic acids is 1. The first kappa shape index (κ1) is 15.3. The molecule has 0 radical (unpaired) electrons. The highest BCUT2D eigenvalue weighted by Gasteiger charge is 2.16. The van der Waals surface area contributed by atoms with Crippen molar-refractivity contribution in [3.05, 3.63) is 42.0 Å². The third kappa shape index (κ3) is 3.71. The van der Waals surface area contributed by atoms with Gasteiger partial charge in [0.1, 0.15) is 24.0 Å². The van der Waals surface area contributed by atoms with Gasteiger partial charge < -0.3 is 19.7 Å². The van der Waals surface area contributed by atoms with Gasteiger partial charge in [-0.3, -0.25) is 0 Å². The summed E-state index contributed by atoms with van der Waals surface area (Å²) in [5.41, 5.74) is 0.108. The Morgan fingerprint density at radius 1 is 1.19 bits per heavy atom. The summed E-state index contributed by atoms with van der Waals surface area (Å²) in [6.07, 6.45) is -0.793. The van der Waals surface area contributed by atoms with Crippen molar-refractivity contribution in [2.75, 3.05) is 19.8 Å². The molecule has 0 aliphatic carbocycles. The third-order valence-corrected chi connectivity index (χ3v) is 3.05. The van der Waals surface area contributed by atoms with Crippen LogP contribution in [0.15, 0.2) is 36.4 Å². The minimum atomic E-state index is -1.05. The van der Waals surface area contributed by atoms with Gasteiger partial charge in [0, 0.05) is 6.61 Å². The minimum absolute atomic E-state index is 0.0153. The highest BCUT2D eigenvalue weighted by Crippen LogP contribution is 2.28. The van der Waals surface area contributed by atoms with Gasteiger partial charge in [0.2, 0.25) is 0 Å². The molecule has 2 rings (SSSR count). The van der Waals surface area contributed by atoms with E-state index in [2.05, 4.69) is 0 Å². The zero-order valence-electron chi connectivity index (χ0n) is 11.8. The van der Waals surface area contributed by atoms with E-state index >= 15 is 0 Å². The van der Waals surface area contributed by atoms with Crippen molar-refractivity contribution in [2.45, 2.75) is 13.0 Å². The predicted octanol–water partition coefficient (Wildman–Crippen LogP) is 2.31. The van der Waals surface area contributed by atoms with Gasteiger partial charge in [0.15, 0.2) is 0 Å². The van der Waals surface area contributed by atoms with E-state index in [1.54, 1.807) is 24.3 Å². The number of fused-ring (bicyclic) bond motifs is 1. The number of hydrogen-bond acceptors (Lipinski definition) is 4. The number of carboxylic acid groups (broad SMARTS) is 1. The van der Waals surface area contributed by atoms with Crippen molar-refractivity contribution in [3.8, 4) is 5.75 Å². The molecule has 1 unspecified atom stereocenters. The first-order valence-corrected chi connectivity index (χ1v) is 6.77. The Morgan fingerprint density at radius 3 is 2.67 bits per heavy atom. The van der Waals surface area contributed by atoms with Crippen LogP contribution in [0.25, 0.3) is 10.8 Å². The monoisotopic (exact) mass is 290 g/mol. The molecule has 0 bridgehead atoms. The Kier molecular flexibility index (Phi) is 5.14. The highest BCUT2D eigenvalue weighted by atomic mass is 16.5. The van der Waals surface area contributed by atoms with Gasteiger partial charge in [-0.2, -0.15) is 0 Å². The van der Waals surface area contributed by atoms with Crippen molar-refractivity contribution in [2.24, 2.45) is 0 Å². The molecule has 0 saturated carbocycles. The Hall–Kier alpha value is -2.11. The van der Waals surface area contributed by atoms with Crippen molar-refractivity contribution in [1.29, 1.82) is 0 Å². The first-order chi connectivity index (χ1) is 10.1. The molecule has 5 heteroatoms. The summed E-state index contributed by atoms with van der Waals surface area (Å²) in [5, 5.41) is 20.5. The van der Waals surface area contributed by atoms with Gasteiger partial charge in [-0.05, 0) is 23.8 Å². The average Bonchev–Trinajstić information content (AvgIpc) is 2.49. The summed E-state index contributed by atoms with van der Waals surface area (Å²) >= 11 is 0. The number of aliphatic hydroxyl groups excluding tert-OH is 1. The quantitative estimate of drug-likeness (QED) is 0.818. The second-order valence-electron chi connectivity index (χ2n) is 4.59. The van der Waals surface area contributed by atoms with Crippen molar-refractivity contribution in [1.82, 2.24) is 0 Å². The van der Waals surface area contributed by atoms with Gasteiger partial charge in [-0.25, -0.2) is 4.79 Å². The lowest BCUT2D eigenvalue weighted by molar-refractivity contribution is 0.0161. The maximum Gasteiger partial charge on any atom is 0.340 e. The number of carboxylic acids is 1. The summed E-state index contributed by atoms with van der Waals surface area (Å²) < 4.78 is 10.5. The summed E-state index contributed by atoms with van der Waals surface area (Å²) in [6, 6.07) is 10.6. The Labute approximate surface area is 122 Å². The van der Waals surface area contributed by atoms with Gasteiger partial charge in [0.25, 0.3) is 0 Å². The maximum atomic E-state index is 11.5. The molecule has 0 spiro atoms. The van der Waals surface area contributed by atoms with E-state index in [0.29, 0.717) is 12.0 Å². The molecule has 0 aromatic heterocycles. The van der Waals surface area contributed by atoms with Crippen LogP contribution in [0, 0.1) is 0 Å². The van der Waals surface area contributed by atoms with Crippen LogP contribution >= 0.6 is 0 Å². The number of aliphatic hydroxyl groups is 1. The molecule has 0 saturated heterocycles. The summed E-state index contributed by atoms with van der Waals surface area (Å²) in [4.78, 5) is 11.5. The molecular weight excluding hydrogens is 272 g/mol. The second-order valence-corrected chi connectivity index (χ2v) is 4.59. The molecule has 1 atom stereocenters. The standard InChI is InChI=1S/C16H18O5/c1-2-20-9-12(17)10-21-14-8-7-11-5-3-4-6-13(11)15(14)16(18)19/h3-8,12,17H,2,9-10H2,1H3,(H,18,19). The molecule has 2 aromatic carbocycles. The van der Waals surface area contributed by atoms with Crippen LogP contribution in [0.1, 0.15) is 17.3 Å². The SMILES string of the molecule is CCOCC(O)COc1ccc2ccccc2c1C(=O)O.